The highest BCUT2D eigenvalue weighted by molar-refractivity contribution is 7.18. The third-order valence-electron chi connectivity index (χ3n) is 2.98. The number of anilines is 1. The standard InChI is InChI=1S/C15H14ClN3S/c1-9-6-13-14(18-10(2)19-15(13)20-9)17-8-11-4-3-5-12(16)7-11/h3-7H,8H2,1-2H3,(H,17,18,19). The smallest absolute Gasteiger partial charge is 0.138 e. The van der Waals surface area contributed by atoms with E-state index in [1.807, 2.05) is 31.2 Å². The zero-order valence-electron chi connectivity index (χ0n) is 11.3. The maximum absolute atomic E-state index is 6.00. The fourth-order valence-electron chi connectivity index (χ4n) is 2.12. The molecule has 1 N–H and O–H groups in total. The second-order valence-electron chi connectivity index (χ2n) is 4.68. The van der Waals surface area contributed by atoms with E-state index in [-0.39, 0.29) is 0 Å². The SMILES string of the molecule is Cc1nc(NCc2cccc(Cl)c2)c2cc(C)sc2n1. The molecule has 0 radical (unpaired) electrons. The van der Waals surface area contributed by atoms with Gasteiger partial charge in [0.2, 0.25) is 0 Å². The highest BCUT2D eigenvalue weighted by Gasteiger charge is 2.08. The molecule has 0 unspecified atom stereocenters. The summed E-state index contributed by atoms with van der Waals surface area (Å²) in [5, 5.41) is 5.22. The lowest BCUT2D eigenvalue weighted by Crippen LogP contribution is -2.03. The highest BCUT2D eigenvalue weighted by atomic mass is 35.5. The lowest BCUT2D eigenvalue weighted by Gasteiger charge is -2.08. The first-order valence-electron chi connectivity index (χ1n) is 6.35. The van der Waals surface area contributed by atoms with Crippen molar-refractivity contribution in [3.05, 3.63) is 51.6 Å². The van der Waals surface area contributed by atoms with Crippen molar-refractivity contribution in [3.63, 3.8) is 0 Å². The molecule has 0 atom stereocenters. The second kappa shape index (κ2) is 5.38. The molecule has 0 saturated carbocycles. The molecule has 0 aliphatic heterocycles. The van der Waals surface area contributed by atoms with E-state index in [4.69, 9.17) is 11.6 Å². The Hall–Kier alpha value is -1.65. The largest absolute Gasteiger partial charge is 0.365 e. The summed E-state index contributed by atoms with van der Waals surface area (Å²) in [4.78, 5) is 11.2. The van der Waals surface area contributed by atoms with E-state index in [1.54, 1.807) is 11.3 Å². The summed E-state index contributed by atoms with van der Waals surface area (Å²) >= 11 is 7.69. The maximum atomic E-state index is 6.00. The Morgan fingerprint density at radius 3 is 2.85 bits per heavy atom. The van der Waals surface area contributed by atoms with E-state index in [0.29, 0.717) is 6.54 Å². The fraction of sp³-hybridized carbons (Fsp3) is 0.200. The molecule has 2 heterocycles. The molecule has 1 aromatic carbocycles. The summed E-state index contributed by atoms with van der Waals surface area (Å²) in [6.45, 7) is 4.70. The topological polar surface area (TPSA) is 37.8 Å². The van der Waals surface area contributed by atoms with Gasteiger partial charge in [-0.05, 0) is 37.6 Å². The van der Waals surface area contributed by atoms with Crippen LogP contribution in [0.3, 0.4) is 0 Å². The van der Waals surface area contributed by atoms with Crippen molar-refractivity contribution < 1.29 is 0 Å². The van der Waals surface area contributed by atoms with Crippen LogP contribution in [0, 0.1) is 13.8 Å². The van der Waals surface area contributed by atoms with Gasteiger partial charge in [-0.3, -0.25) is 0 Å². The van der Waals surface area contributed by atoms with Gasteiger partial charge in [0.05, 0.1) is 5.39 Å². The number of nitrogens with zero attached hydrogens (tertiary/aromatic N) is 2. The first kappa shape index (κ1) is 13.3. The number of halogens is 1. The molecule has 0 aliphatic rings. The Bertz CT molecular complexity index is 767. The van der Waals surface area contributed by atoms with E-state index in [9.17, 15) is 0 Å². The van der Waals surface area contributed by atoms with Gasteiger partial charge in [0.25, 0.3) is 0 Å². The highest BCUT2D eigenvalue weighted by Crippen LogP contribution is 2.28. The van der Waals surface area contributed by atoms with Crippen molar-refractivity contribution in [1.29, 1.82) is 0 Å². The van der Waals surface area contributed by atoms with Gasteiger partial charge in [-0.1, -0.05) is 23.7 Å². The summed E-state index contributed by atoms with van der Waals surface area (Å²) < 4.78 is 0. The van der Waals surface area contributed by atoms with Crippen LogP contribution in [0.15, 0.2) is 30.3 Å². The van der Waals surface area contributed by atoms with E-state index in [2.05, 4.69) is 28.3 Å². The Morgan fingerprint density at radius 2 is 2.05 bits per heavy atom. The normalized spacial score (nSPS) is 10.9. The number of aryl methyl sites for hydroxylation is 2. The van der Waals surface area contributed by atoms with Gasteiger partial charge < -0.3 is 5.32 Å². The first-order chi connectivity index (χ1) is 9.61. The van der Waals surface area contributed by atoms with Crippen LogP contribution in [0.2, 0.25) is 5.02 Å². The van der Waals surface area contributed by atoms with Crippen molar-refractivity contribution in [2.24, 2.45) is 0 Å². The number of hydrogen-bond donors (Lipinski definition) is 1. The number of nitrogens with one attached hydrogen (secondary N) is 1. The summed E-state index contributed by atoms with van der Waals surface area (Å²) in [6, 6.07) is 9.95. The van der Waals surface area contributed by atoms with Crippen molar-refractivity contribution in [3.8, 4) is 0 Å². The van der Waals surface area contributed by atoms with Gasteiger partial charge in [-0.15, -0.1) is 11.3 Å². The van der Waals surface area contributed by atoms with Crippen molar-refractivity contribution in [2.75, 3.05) is 5.32 Å². The van der Waals surface area contributed by atoms with Crippen molar-refractivity contribution >= 4 is 39.0 Å². The zero-order chi connectivity index (χ0) is 14.1. The van der Waals surface area contributed by atoms with Gasteiger partial charge in [-0.2, -0.15) is 0 Å². The molecule has 20 heavy (non-hydrogen) atoms. The molecule has 3 aromatic rings. The minimum Gasteiger partial charge on any atom is -0.365 e. The predicted molar refractivity (Wildman–Crippen MR) is 85.7 cm³/mol. The molecule has 3 rings (SSSR count). The number of thiophene rings is 1. The first-order valence-corrected chi connectivity index (χ1v) is 7.54. The van der Waals surface area contributed by atoms with Gasteiger partial charge in [0, 0.05) is 16.4 Å². The monoisotopic (exact) mass is 303 g/mol. The van der Waals surface area contributed by atoms with Crippen LogP contribution < -0.4 is 5.32 Å². The van der Waals surface area contributed by atoms with Gasteiger partial charge in [0.15, 0.2) is 0 Å². The zero-order valence-corrected chi connectivity index (χ0v) is 12.8. The maximum Gasteiger partial charge on any atom is 0.138 e. The van der Waals surface area contributed by atoms with Gasteiger partial charge >= 0.3 is 0 Å². The minimum atomic E-state index is 0.695. The van der Waals surface area contributed by atoms with Crippen LogP contribution in [-0.4, -0.2) is 9.97 Å². The van der Waals surface area contributed by atoms with Crippen LogP contribution in [0.25, 0.3) is 10.2 Å². The molecular formula is C15H14ClN3S. The predicted octanol–water partition coefficient (Wildman–Crippen LogP) is 4.57. The molecule has 0 amide bonds. The fourth-order valence-corrected chi connectivity index (χ4v) is 3.25. The number of hydrogen-bond acceptors (Lipinski definition) is 4. The van der Waals surface area contributed by atoms with E-state index in [0.717, 1.165) is 32.4 Å². The Kier molecular flexibility index (Phi) is 3.59. The van der Waals surface area contributed by atoms with E-state index >= 15 is 0 Å². The molecular weight excluding hydrogens is 290 g/mol. The lowest BCUT2D eigenvalue weighted by atomic mass is 10.2. The Balaban J connectivity index is 1.90. The Labute approximate surface area is 126 Å². The lowest BCUT2D eigenvalue weighted by molar-refractivity contribution is 1.06. The van der Waals surface area contributed by atoms with Gasteiger partial charge in [-0.25, -0.2) is 9.97 Å². The van der Waals surface area contributed by atoms with Crippen LogP contribution in [0.1, 0.15) is 16.3 Å². The second-order valence-corrected chi connectivity index (χ2v) is 6.35. The summed E-state index contributed by atoms with van der Waals surface area (Å²) in [5.74, 6) is 1.67. The molecule has 0 aliphatic carbocycles. The van der Waals surface area contributed by atoms with Gasteiger partial charge in [0.1, 0.15) is 16.5 Å². The third kappa shape index (κ3) is 2.76. The quantitative estimate of drug-likeness (QED) is 0.770. The van der Waals surface area contributed by atoms with E-state index < -0.39 is 0 Å². The van der Waals surface area contributed by atoms with Crippen LogP contribution in [0.4, 0.5) is 5.82 Å². The Morgan fingerprint density at radius 1 is 1.20 bits per heavy atom. The number of fused-ring (bicyclic) bond motifs is 1. The summed E-state index contributed by atoms with van der Waals surface area (Å²) in [5.41, 5.74) is 1.13. The summed E-state index contributed by atoms with van der Waals surface area (Å²) in [7, 11) is 0. The molecule has 0 saturated heterocycles. The van der Waals surface area contributed by atoms with Crippen LogP contribution in [0.5, 0.6) is 0 Å². The molecule has 0 spiro atoms. The van der Waals surface area contributed by atoms with Crippen molar-refractivity contribution in [1.82, 2.24) is 9.97 Å². The van der Waals surface area contributed by atoms with Crippen LogP contribution in [-0.2, 0) is 6.54 Å². The van der Waals surface area contributed by atoms with Crippen molar-refractivity contribution in [2.45, 2.75) is 20.4 Å². The molecule has 2 aromatic heterocycles. The molecule has 102 valence electrons. The molecule has 0 fully saturated rings. The average Bonchev–Trinajstić information content (AvgIpc) is 2.76. The summed E-state index contributed by atoms with van der Waals surface area (Å²) in [6.07, 6.45) is 0. The van der Waals surface area contributed by atoms with E-state index in [1.165, 1.54) is 4.88 Å². The van der Waals surface area contributed by atoms with Crippen LogP contribution >= 0.6 is 22.9 Å². The average molecular weight is 304 g/mol. The number of aromatic nitrogens is 2. The third-order valence-corrected chi connectivity index (χ3v) is 4.16. The molecule has 5 heteroatoms. The minimum absolute atomic E-state index is 0.695. The molecule has 3 nitrogen and oxygen atoms in total. The number of rotatable bonds is 3. The number of benzene rings is 1. The molecule has 0 bridgehead atoms.